The number of carbonyl (C=O) groups is 2. The van der Waals surface area contributed by atoms with Crippen LogP contribution in [0.25, 0.3) is 6.08 Å². The Kier molecular flexibility index (Phi) is 5.45. The largest absolute Gasteiger partial charge is 0.347 e. The number of rotatable bonds is 7. The van der Waals surface area contributed by atoms with Crippen molar-refractivity contribution >= 4 is 23.6 Å². The van der Waals surface area contributed by atoms with Crippen LogP contribution >= 0.6 is 0 Å². The number of carbonyl (C=O) groups excluding carboxylic acids is 2. The first kappa shape index (κ1) is 20.0. The van der Waals surface area contributed by atoms with Crippen molar-refractivity contribution in [1.82, 2.24) is 9.88 Å². The Morgan fingerprint density at radius 1 is 1.20 bits per heavy atom. The number of anilines is 1. The van der Waals surface area contributed by atoms with Gasteiger partial charge in [0.25, 0.3) is 5.91 Å². The third-order valence-electron chi connectivity index (χ3n) is 5.70. The molecule has 6 heteroatoms. The highest BCUT2D eigenvalue weighted by molar-refractivity contribution is 6.01. The molecule has 0 unspecified atom stereocenters. The van der Waals surface area contributed by atoms with Crippen LogP contribution in [0.3, 0.4) is 0 Å². The van der Waals surface area contributed by atoms with Gasteiger partial charge in [-0.2, -0.15) is 5.26 Å². The highest BCUT2D eigenvalue weighted by Gasteiger charge is 2.29. The summed E-state index contributed by atoms with van der Waals surface area (Å²) in [4.78, 5) is 24.5. The van der Waals surface area contributed by atoms with E-state index in [0.717, 1.165) is 41.0 Å². The first-order chi connectivity index (χ1) is 14.5. The molecule has 2 aliphatic carbocycles. The lowest BCUT2D eigenvalue weighted by Crippen LogP contribution is -2.24. The predicted octanol–water partition coefficient (Wildman–Crippen LogP) is 4.01. The van der Waals surface area contributed by atoms with Crippen LogP contribution in [-0.4, -0.2) is 16.4 Å². The Morgan fingerprint density at radius 3 is 2.63 bits per heavy atom. The molecule has 4 rings (SSSR count). The fourth-order valence-electron chi connectivity index (χ4n) is 3.77. The molecule has 2 fully saturated rings. The van der Waals surface area contributed by atoms with Crippen LogP contribution in [-0.2, 0) is 16.1 Å². The molecule has 0 spiro atoms. The van der Waals surface area contributed by atoms with E-state index in [1.807, 2.05) is 43.3 Å². The third-order valence-corrected chi connectivity index (χ3v) is 5.70. The number of nitrogens with zero attached hydrogens (tertiary/aromatic N) is 2. The first-order valence-corrected chi connectivity index (χ1v) is 10.4. The summed E-state index contributed by atoms with van der Waals surface area (Å²) in [6.07, 6.45) is 5.95. The monoisotopic (exact) mass is 402 g/mol. The lowest BCUT2D eigenvalue weighted by molar-refractivity contribution is -0.118. The van der Waals surface area contributed by atoms with Gasteiger partial charge in [0.15, 0.2) is 0 Å². The highest BCUT2D eigenvalue weighted by atomic mass is 16.2. The molecular formula is C24H26N4O2. The molecule has 0 saturated heterocycles. The average molecular weight is 402 g/mol. The molecule has 1 heterocycles. The fraction of sp³-hybridized carbons (Fsp3) is 0.375. The first-order valence-electron chi connectivity index (χ1n) is 10.4. The summed E-state index contributed by atoms with van der Waals surface area (Å²) in [6.45, 7) is 4.38. The fourth-order valence-corrected chi connectivity index (χ4v) is 3.77. The maximum absolute atomic E-state index is 12.6. The van der Waals surface area contributed by atoms with E-state index in [9.17, 15) is 14.9 Å². The van der Waals surface area contributed by atoms with Gasteiger partial charge in [0.05, 0.1) is 0 Å². The molecule has 2 N–H and O–H groups in total. The van der Waals surface area contributed by atoms with Gasteiger partial charge in [-0.3, -0.25) is 9.59 Å². The van der Waals surface area contributed by atoms with E-state index >= 15 is 0 Å². The zero-order valence-corrected chi connectivity index (χ0v) is 17.4. The van der Waals surface area contributed by atoms with Crippen LogP contribution in [0.2, 0.25) is 0 Å². The predicted molar refractivity (Wildman–Crippen MR) is 115 cm³/mol. The Labute approximate surface area is 176 Å². The van der Waals surface area contributed by atoms with E-state index in [1.165, 1.54) is 12.8 Å². The van der Waals surface area contributed by atoms with Crippen molar-refractivity contribution in [2.75, 3.05) is 5.32 Å². The van der Waals surface area contributed by atoms with E-state index < -0.39 is 5.91 Å². The minimum atomic E-state index is -0.402. The summed E-state index contributed by atoms with van der Waals surface area (Å²) in [5, 5.41) is 15.2. The number of hydrogen-bond donors (Lipinski definition) is 2. The van der Waals surface area contributed by atoms with Gasteiger partial charge in [0.1, 0.15) is 11.6 Å². The van der Waals surface area contributed by atoms with Crippen molar-refractivity contribution in [1.29, 1.82) is 5.26 Å². The molecule has 0 bridgehead atoms. The Hall–Kier alpha value is -3.33. The standard InChI is InChI=1S/C24H26N4O2/c1-15-10-19(16(2)28(15)22-8-9-22)12-20(13-25)23(29)26-14-17-4-3-5-21(11-17)27-24(30)18-6-7-18/h3-5,10-12,18,22H,6-9,14H2,1-2H3,(H,26,29)(H,27,30)/b20-12+. The van der Waals surface area contributed by atoms with Crippen LogP contribution < -0.4 is 10.6 Å². The normalized spacial score (nSPS) is 16.1. The molecule has 6 nitrogen and oxygen atoms in total. The molecule has 0 radical (unpaired) electrons. The van der Waals surface area contributed by atoms with Crippen LogP contribution in [0.15, 0.2) is 35.9 Å². The molecule has 2 aromatic rings. The van der Waals surface area contributed by atoms with Crippen LogP contribution in [0.1, 0.15) is 54.2 Å². The number of nitrogens with one attached hydrogen (secondary N) is 2. The van der Waals surface area contributed by atoms with Gasteiger partial charge in [-0.25, -0.2) is 0 Å². The summed E-state index contributed by atoms with van der Waals surface area (Å²) < 4.78 is 2.29. The van der Waals surface area contributed by atoms with E-state index in [1.54, 1.807) is 6.08 Å². The summed E-state index contributed by atoms with van der Waals surface area (Å²) >= 11 is 0. The van der Waals surface area contributed by atoms with Gasteiger partial charge in [0.2, 0.25) is 5.91 Å². The Bertz CT molecular complexity index is 1070. The Morgan fingerprint density at radius 2 is 1.97 bits per heavy atom. The van der Waals surface area contributed by atoms with Crippen molar-refractivity contribution in [2.45, 2.75) is 52.1 Å². The van der Waals surface area contributed by atoms with Crippen molar-refractivity contribution in [3.05, 3.63) is 58.4 Å². The number of aromatic nitrogens is 1. The molecule has 154 valence electrons. The molecule has 2 amide bonds. The third kappa shape index (κ3) is 4.46. The maximum Gasteiger partial charge on any atom is 0.262 e. The number of aryl methyl sites for hydroxylation is 1. The van der Waals surface area contributed by atoms with Crippen molar-refractivity contribution in [3.8, 4) is 6.07 Å². The average Bonchev–Trinajstić information content (AvgIpc) is 3.63. The summed E-state index contributed by atoms with van der Waals surface area (Å²) in [5.74, 6) is -0.214. The quantitative estimate of drug-likeness (QED) is 0.542. The molecule has 1 aromatic heterocycles. The van der Waals surface area contributed by atoms with Gasteiger partial charge in [-0.05, 0) is 74.9 Å². The van der Waals surface area contributed by atoms with Gasteiger partial charge < -0.3 is 15.2 Å². The molecular weight excluding hydrogens is 376 g/mol. The highest BCUT2D eigenvalue weighted by Crippen LogP contribution is 2.38. The smallest absolute Gasteiger partial charge is 0.262 e. The van der Waals surface area contributed by atoms with Gasteiger partial charge in [0, 0.05) is 35.6 Å². The second kappa shape index (κ2) is 8.19. The van der Waals surface area contributed by atoms with Gasteiger partial charge in [-0.1, -0.05) is 12.1 Å². The molecule has 30 heavy (non-hydrogen) atoms. The number of benzene rings is 1. The number of nitriles is 1. The SMILES string of the molecule is Cc1cc(/C=C(\C#N)C(=O)NCc2cccc(NC(=O)C3CC3)c2)c(C)n1C1CC1. The molecule has 2 saturated carbocycles. The minimum Gasteiger partial charge on any atom is -0.347 e. The van der Waals surface area contributed by atoms with E-state index in [-0.39, 0.29) is 23.9 Å². The van der Waals surface area contributed by atoms with Crippen LogP contribution in [0.5, 0.6) is 0 Å². The second-order valence-corrected chi connectivity index (χ2v) is 8.24. The number of amides is 2. The second-order valence-electron chi connectivity index (χ2n) is 8.24. The summed E-state index contributed by atoms with van der Waals surface area (Å²) in [5.41, 5.74) is 4.84. The maximum atomic E-state index is 12.6. The van der Waals surface area contributed by atoms with Crippen molar-refractivity contribution < 1.29 is 9.59 Å². The number of hydrogen-bond acceptors (Lipinski definition) is 3. The zero-order chi connectivity index (χ0) is 21.3. The molecule has 0 aliphatic heterocycles. The van der Waals surface area contributed by atoms with Crippen molar-refractivity contribution in [3.63, 3.8) is 0 Å². The Balaban J connectivity index is 1.41. The summed E-state index contributed by atoms with van der Waals surface area (Å²) in [7, 11) is 0. The van der Waals surface area contributed by atoms with Crippen LogP contribution in [0.4, 0.5) is 5.69 Å². The van der Waals surface area contributed by atoms with Gasteiger partial charge in [-0.15, -0.1) is 0 Å². The topological polar surface area (TPSA) is 86.9 Å². The van der Waals surface area contributed by atoms with Crippen molar-refractivity contribution in [2.24, 2.45) is 5.92 Å². The minimum absolute atomic E-state index is 0.0506. The molecule has 0 atom stereocenters. The van der Waals surface area contributed by atoms with Crippen LogP contribution in [0, 0.1) is 31.1 Å². The molecule has 1 aromatic carbocycles. The lowest BCUT2D eigenvalue weighted by atomic mass is 10.1. The summed E-state index contributed by atoms with van der Waals surface area (Å²) in [6, 6.07) is 12.0. The zero-order valence-electron chi connectivity index (χ0n) is 17.4. The molecule has 2 aliphatic rings. The lowest BCUT2D eigenvalue weighted by Gasteiger charge is -2.08. The van der Waals surface area contributed by atoms with E-state index in [2.05, 4.69) is 22.1 Å². The van der Waals surface area contributed by atoms with E-state index in [4.69, 9.17) is 0 Å². The van der Waals surface area contributed by atoms with E-state index in [0.29, 0.717) is 6.04 Å². The van der Waals surface area contributed by atoms with Gasteiger partial charge >= 0.3 is 0 Å².